The van der Waals surface area contributed by atoms with Crippen LogP contribution in [0, 0.1) is 5.92 Å². The molecule has 1 aliphatic rings. The largest absolute Gasteiger partial charge is 0.469 e. The van der Waals surface area contributed by atoms with E-state index in [9.17, 15) is 4.79 Å². The van der Waals surface area contributed by atoms with E-state index in [1.807, 2.05) is 6.07 Å². The van der Waals surface area contributed by atoms with Gasteiger partial charge in [0.15, 0.2) is 0 Å². The molecule has 17 heavy (non-hydrogen) atoms. The first-order chi connectivity index (χ1) is 8.26. The molecule has 0 saturated heterocycles. The van der Waals surface area contributed by atoms with Crippen LogP contribution in [-0.4, -0.2) is 19.6 Å². The van der Waals surface area contributed by atoms with E-state index >= 15 is 0 Å². The van der Waals surface area contributed by atoms with Crippen molar-refractivity contribution in [3.8, 4) is 0 Å². The van der Waals surface area contributed by atoms with Gasteiger partial charge in [0.1, 0.15) is 0 Å². The van der Waals surface area contributed by atoms with E-state index < -0.39 is 0 Å². The average Bonchev–Trinajstić information content (AvgIpc) is 3.19. The summed E-state index contributed by atoms with van der Waals surface area (Å²) in [5.74, 6) is 0.264. The van der Waals surface area contributed by atoms with Crippen molar-refractivity contribution in [2.75, 3.05) is 13.7 Å². The summed E-state index contributed by atoms with van der Waals surface area (Å²) in [6.45, 7) is 0.339. The zero-order valence-electron chi connectivity index (χ0n) is 10.2. The van der Waals surface area contributed by atoms with E-state index in [0.717, 1.165) is 0 Å². The normalized spacial score (nSPS) is 16.6. The molecular weight excluding hydrogens is 214 g/mol. The highest BCUT2D eigenvalue weighted by Crippen LogP contribution is 2.42. The fourth-order valence-electron chi connectivity index (χ4n) is 2.21. The van der Waals surface area contributed by atoms with Crippen LogP contribution in [0.1, 0.15) is 29.9 Å². The number of hydrogen-bond donors (Lipinski definition) is 1. The zero-order chi connectivity index (χ0) is 12.3. The van der Waals surface area contributed by atoms with Crippen molar-refractivity contribution in [1.29, 1.82) is 0 Å². The van der Waals surface area contributed by atoms with Crippen molar-refractivity contribution in [3.63, 3.8) is 0 Å². The van der Waals surface area contributed by atoms with Crippen molar-refractivity contribution >= 4 is 5.97 Å². The second-order valence-corrected chi connectivity index (χ2v) is 4.63. The Balaban J connectivity index is 2.13. The molecule has 1 unspecified atom stereocenters. The van der Waals surface area contributed by atoms with E-state index in [4.69, 9.17) is 10.5 Å². The number of nitrogens with two attached hydrogens (primary N) is 1. The van der Waals surface area contributed by atoms with E-state index in [-0.39, 0.29) is 11.9 Å². The zero-order valence-corrected chi connectivity index (χ0v) is 10.2. The molecule has 2 N–H and O–H groups in total. The molecule has 0 spiro atoms. The van der Waals surface area contributed by atoms with E-state index in [1.54, 1.807) is 0 Å². The number of ether oxygens (including phenoxy) is 1. The lowest BCUT2D eigenvalue weighted by Crippen LogP contribution is -2.27. The first-order valence-electron chi connectivity index (χ1n) is 6.12. The maximum atomic E-state index is 11.5. The van der Waals surface area contributed by atoms with Gasteiger partial charge in [0.05, 0.1) is 13.0 Å². The molecule has 1 aromatic rings. The van der Waals surface area contributed by atoms with Gasteiger partial charge in [-0.25, -0.2) is 0 Å². The van der Waals surface area contributed by atoms with Gasteiger partial charge >= 0.3 is 5.97 Å². The molecule has 3 heteroatoms. The molecule has 0 bridgehead atoms. The molecule has 1 saturated carbocycles. The van der Waals surface area contributed by atoms with Crippen LogP contribution in [0.4, 0.5) is 0 Å². The smallest absolute Gasteiger partial charge is 0.310 e. The topological polar surface area (TPSA) is 52.3 Å². The summed E-state index contributed by atoms with van der Waals surface area (Å²) in [6.07, 6.45) is 3.22. The van der Waals surface area contributed by atoms with Crippen LogP contribution in [0.5, 0.6) is 0 Å². The van der Waals surface area contributed by atoms with Gasteiger partial charge < -0.3 is 10.5 Å². The van der Waals surface area contributed by atoms with Crippen LogP contribution in [0.3, 0.4) is 0 Å². The summed E-state index contributed by atoms with van der Waals surface area (Å²) in [7, 11) is 1.41. The van der Waals surface area contributed by atoms with Crippen molar-refractivity contribution in [2.45, 2.75) is 25.2 Å². The van der Waals surface area contributed by atoms with Gasteiger partial charge in [-0.3, -0.25) is 4.79 Å². The Morgan fingerprint density at radius 3 is 2.76 bits per heavy atom. The molecule has 0 heterocycles. The Hall–Kier alpha value is -1.35. The fourth-order valence-corrected chi connectivity index (χ4v) is 2.21. The van der Waals surface area contributed by atoms with Gasteiger partial charge in [-0.05, 0) is 36.3 Å². The van der Waals surface area contributed by atoms with E-state index in [2.05, 4.69) is 18.2 Å². The Bertz CT molecular complexity index is 399. The minimum atomic E-state index is -0.222. The molecule has 1 aromatic carbocycles. The van der Waals surface area contributed by atoms with Crippen LogP contribution in [0.15, 0.2) is 24.3 Å². The lowest BCUT2D eigenvalue weighted by Gasteiger charge is -2.15. The van der Waals surface area contributed by atoms with Crippen LogP contribution in [0.25, 0.3) is 0 Å². The predicted octanol–water partition coefficient (Wildman–Crippen LogP) is 1.85. The number of esters is 1. The molecule has 0 amide bonds. The minimum absolute atomic E-state index is 0.210. The van der Waals surface area contributed by atoms with E-state index in [0.29, 0.717) is 18.9 Å². The summed E-state index contributed by atoms with van der Waals surface area (Å²) in [5.41, 5.74) is 8.27. The highest BCUT2D eigenvalue weighted by Gasteiger charge is 2.27. The van der Waals surface area contributed by atoms with Crippen LogP contribution < -0.4 is 5.73 Å². The Labute approximate surface area is 102 Å². The van der Waals surface area contributed by atoms with Gasteiger partial charge in [-0.15, -0.1) is 0 Å². The molecule has 92 valence electrons. The fraction of sp³-hybridized carbons (Fsp3) is 0.500. The van der Waals surface area contributed by atoms with Gasteiger partial charge in [-0.1, -0.05) is 24.3 Å². The Kier molecular flexibility index (Phi) is 3.79. The first-order valence-corrected chi connectivity index (χ1v) is 6.12. The van der Waals surface area contributed by atoms with Crippen LogP contribution in [0.2, 0.25) is 0 Å². The minimum Gasteiger partial charge on any atom is -0.469 e. The second kappa shape index (κ2) is 5.32. The van der Waals surface area contributed by atoms with Gasteiger partial charge in [0, 0.05) is 6.54 Å². The molecule has 0 radical (unpaired) electrons. The number of carbonyl (C=O) groups excluding carboxylic acids is 1. The van der Waals surface area contributed by atoms with Crippen LogP contribution >= 0.6 is 0 Å². The standard InChI is InChI=1S/C14H19NO2/c1-17-14(16)12(9-15)8-11-4-2-3-5-13(11)10-6-7-10/h2-5,10,12H,6-9,15H2,1H3. The molecule has 3 nitrogen and oxygen atoms in total. The highest BCUT2D eigenvalue weighted by molar-refractivity contribution is 5.73. The monoisotopic (exact) mass is 233 g/mol. The van der Waals surface area contributed by atoms with Gasteiger partial charge in [0.2, 0.25) is 0 Å². The number of carbonyl (C=O) groups is 1. The summed E-state index contributed by atoms with van der Waals surface area (Å²) >= 11 is 0. The van der Waals surface area contributed by atoms with Crippen molar-refractivity contribution in [1.82, 2.24) is 0 Å². The predicted molar refractivity (Wildman–Crippen MR) is 66.7 cm³/mol. The summed E-state index contributed by atoms with van der Waals surface area (Å²) in [5, 5.41) is 0. The van der Waals surface area contributed by atoms with Crippen molar-refractivity contribution < 1.29 is 9.53 Å². The van der Waals surface area contributed by atoms with Gasteiger partial charge in [0.25, 0.3) is 0 Å². The molecule has 2 rings (SSSR count). The van der Waals surface area contributed by atoms with E-state index in [1.165, 1.54) is 31.1 Å². The molecule has 0 aromatic heterocycles. The highest BCUT2D eigenvalue weighted by atomic mass is 16.5. The number of methoxy groups -OCH3 is 1. The maximum Gasteiger partial charge on any atom is 0.310 e. The number of rotatable bonds is 5. The SMILES string of the molecule is COC(=O)C(CN)Cc1ccccc1C1CC1. The summed E-state index contributed by atoms with van der Waals surface area (Å²) < 4.78 is 4.77. The quantitative estimate of drug-likeness (QED) is 0.790. The number of benzene rings is 1. The lowest BCUT2D eigenvalue weighted by molar-refractivity contribution is -0.145. The Morgan fingerprint density at radius 2 is 2.18 bits per heavy atom. The first kappa shape index (κ1) is 12.1. The average molecular weight is 233 g/mol. The molecule has 0 aliphatic heterocycles. The second-order valence-electron chi connectivity index (χ2n) is 4.63. The van der Waals surface area contributed by atoms with Crippen LogP contribution in [-0.2, 0) is 16.0 Å². The van der Waals surface area contributed by atoms with Crippen molar-refractivity contribution in [2.24, 2.45) is 11.7 Å². The molecule has 1 atom stereocenters. The summed E-state index contributed by atoms with van der Waals surface area (Å²) in [4.78, 5) is 11.5. The Morgan fingerprint density at radius 1 is 1.47 bits per heavy atom. The third-order valence-electron chi connectivity index (χ3n) is 3.36. The molecule has 1 fully saturated rings. The number of hydrogen-bond acceptors (Lipinski definition) is 3. The van der Waals surface area contributed by atoms with Crippen molar-refractivity contribution in [3.05, 3.63) is 35.4 Å². The lowest BCUT2D eigenvalue weighted by atomic mass is 9.93. The van der Waals surface area contributed by atoms with Gasteiger partial charge in [-0.2, -0.15) is 0 Å². The maximum absolute atomic E-state index is 11.5. The third-order valence-corrected chi connectivity index (χ3v) is 3.36. The third kappa shape index (κ3) is 2.86. The summed E-state index contributed by atoms with van der Waals surface area (Å²) in [6, 6.07) is 8.34. The molecular formula is C14H19NO2. The molecule has 1 aliphatic carbocycles.